The summed E-state index contributed by atoms with van der Waals surface area (Å²) >= 11 is 0. The molecule has 0 bridgehead atoms. The third kappa shape index (κ3) is 8.75. The Morgan fingerprint density at radius 3 is 2.13 bits per heavy atom. The molecule has 15 nitrogen and oxygen atoms in total. The molecule has 18 heteroatoms. The van der Waals surface area contributed by atoms with Gasteiger partial charge in [-0.2, -0.15) is 13.2 Å². The van der Waals surface area contributed by atoms with E-state index in [0.29, 0.717) is 82.9 Å². The zero-order valence-corrected chi connectivity index (χ0v) is 33.4. The van der Waals surface area contributed by atoms with Crippen LogP contribution in [0.5, 0.6) is 0 Å². The molecule has 0 aliphatic carbocycles. The summed E-state index contributed by atoms with van der Waals surface area (Å²) < 4.78 is 40.4. The minimum absolute atomic E-state index is 0.0629. The number of rotatable bonds is 9. The first-order valence-corrected chi connectivity index (χ1v) is 20.6. The molecule has 3 aromatic rings. The number of piperidine rings is 3. The highest BCUT2D eigenvalue weighted by Gasteiger charge is 2.45. The van der Waals surface area contributed by atoms with Crippen molar-refractivity contribution in [2.75, 3.05) is 78.9 Å². The summed E-state index contributed by atoms with van der Waals surface area (Å²) in [5, 5.41) is 16.6. The second-order valence-electron chi connectivity index (χ2n) is 16.4. The Balaban J connectivity index is 0.760. The van der Waals surface area contributed by atoms with Gasteiger partial charge in [0.2, 0.25) is 17.7 Å². The predicted molar refractivity (Wildman–Crippen MR) is 218 cm³/mol. The second kappa shape index (κ2) is 16.8. The lowest BCUT2D eigenvalue weighted by atomic mass is 9.87. The maximum absolute atomic E-state index is 13.5. The fraction of sp³-hybridized carbons (Fsp3) is 0.465. The van der Waals surface area contributed by atoms with Crippen LogP contribution in [0.25, 0.3) is 4.85 Å². The molecular formula is C43H46F3N9O6. The van der Waals surface area contributed by atoms with Crippen molar-refractivity contribution in [2.24, 2.45) is 5.92 Å². The molecule has 0 radical (unpaired) electrons. The monoisotopic (exact) mass is 841 g/mol. The van der Waals surface area contributed by atoms with E-state index in [1.165, 1.54) is 12.1 Å². The number of halogens is 3. The smallest absolute Gasteiger partial charge is 0.390 e. The first kappa shape index (κ1) is 41.7. The molecular weight excluding hydrogens is 796 g/mol. The molecule has 0 saturated carbocycles. The summed E-state index contributed by atoms with van der Waals surface area (Å²) in [4.78, 5) is 80.4. The Morgan fingerprint density at radius 1 is 0.836 bits per heavy atom. The van der Waals surface area contributed by atoms with Crippen LogP contribution < -0.4 is 25.3 Å². The molecule has 3 N–H and O–H groups in total. The number of alkyl halides is 3. The van der Waals surface area contributed by atoms with Gasteiger partial charge in [0, 0.05) is 82.6 Å². The van der Waals surface area contributed by atoms with Gasteiger partial charge >= 0.3 is 6.18 Å². The number of carbonyl (C=O) groups is 5. The number of piperazine rings is 1. The maximum Gasteiger partial charge on any atom is 0.407 e. The maximum atomic E-state index is 13.5. The van der Waals surface area contributed by atoms with Gasteiger partial charge in [-0.3, -0.25) is 39.1 Å². The van der Waals surface area contributed by atoms with Crippen molar-refractivity contribution in [3.05, 3.63) is 82.8 Å². The van der Waals surface area contributed by atoms with E-state index in [2.05, 4.69) is 35.2 Å². The molecule has 1 unspecified atom stereocenters. The summed E-state index contributed by atoms with van der Waals surface area (Å²) in [7, 11) is 0. The van der Waals surface area contributed by atoms with E-state index in [1.54, 1.807) is 29.3 Å². The number of fused-ring (bicyclic) bond motifs is 1. The van der Waals surface area contributed by atoms with Crippen molar-refractivity contribution >= 4 is 58.1 Å². The second-order valence-corrected chi connectivity index (χ2v) is 16.4. The van der Waals surface area contributed by atoms with Crippen LogP contribution in [0, 0.1) is 12.5 Å². The summed E-state index contributed by atoms with van der Waals surface area (Å²) in [5.74, 6) is -2.22. The minimum Gasteiger partial charge on any atom is -0.390 e. The van der Waals surface area contributed by atoms with Crippen molar-refractivity contribution in [3.63, 3.8) is 0 Å². The average Bonchev–Trinajstić information content (AvgIpc) is 3.51. The first-order valence-electron chi connectivity index (χ1n) is 20.6. The summed E-state index contributed by atoms with van der Waals surface area (Å²) in [6, 6.07) is 11.5. The third-order valence-corrected chi connectivity index (χ3v) is 12.7. The van der Waals surface area contributed by atoms with Crippen LogP contribution in [0.2, 0.25) is 0 Å². The number of hydrogen-bond acceptors (Lipinski definition) is 11. The van der Waals surface area contributed by atoms with Crippen LogP contribution in [-0.2, 0) is 20.6 Å². The van der Waals surface area contributed by atoms with Crippen molar-refractivity contribution < 1.29 is 42.3 Å². The number of nitrogens with one attached hydrogen (secondary N) is 2. The third-order valence-electron chi connectivity index (χ3n) is 12.7. The zero-order chi connectivity index (χ0) is 43.1. The van der Waals surface area contributed by atoms with E-state index in [9.17, 15) is 42.3 Å². The lowest BCUT2D eigenvalue weighted by Crippen LogP contribution is -2.54. The zero-order valence-electron chi connectivity index (χ0n) is 33.4. The van der Waals surface area contributed by atoms with Gasteiger partial charge in [0.1, 0.15) is 11.9 Å². The van der Waals surface area contributed by atoms with Gasteiger partial charge in [0.25, 0.3) is 11.8 Å². The van der Waals surface area contributed by atoms with Gasteiger partial charge in [0.15, 0.2) is 5.69 Å². The number of carbonyl (C=O) groups excluding carboxylic acids is 5. The fourth-order valence-corrected chi connectivity index (χ4v) is 9.00. The largest absolute Gasteiger partial charge is 0.407 e. The lowest BCUT2D eigenvalue weighted by Gasteiger charge is -2.41. The molecule has 1 atom stereocenters. The molecule has 0 spiro atoms. The van der Waals surface area contributed by atoms with Gasteiger partial charge in [-0.1, -0.05) is 6.07 Å². The van der Waals surface area contributed by atoms with Crippen LogP contribution in [0.1, 0.15) is 71.2 Å². The molecule has 8 rings (SSSR count). The quantitative estimate of drug-likeness (QED) is 0.206. The van der Waals surface area contributed by atoms with Gasteiger partial charge in [0.05, 0.1) is 40.7 Å². The van der Waals surface area contributed by atoms with Gasteiger partial charge in [-0.25, -0.2) is 9.83 Å². The summed E-state index contributed by atoms with van der Waals surface area (Å²) in [6.07, 6.45) is -0.0443. The number of imide groups is 2. The molecule has 6 heterocycles. The molecule has 320 valence electrons. The molecule has 2 aromatic carbocycles. The minimum atomic E-state index is -4.63. The SMILES string of the molecule is [C-]#[N+]c1ccc(N2CCC(C(=O)Nc3ccc(N4CCC(O)(CCN5CCN(c6ccc7c(c6)C(=O)N(C6CCC(=O)NC6=O)C7=O)CC5)CC4)cn3)CC2)cc1C(F)(F)F. The van der Waals surface area contributed by atoms with Crippen LogP contribution in [0.4, 0.5) is 41.7 Å². The van der Waals surface area contributed by atoms with E-state index < -0.39 is 52.7 Å². The van der Waals surface area contributed by atoms with Crippen molar-refractivity contribution in [1.82, 2.24) is 20.1 Å². The number of nitrogens with zero attached hydrogens (tertiary/aromatic N) is 7. The van der Waals surface area contributed by atoms with Crippen LogP contribution in [-0.4, -0.2) is 120 Å². The number of amides is 5. The van der Waals surface area contributed by atoms with E-state index in [1.807, 2.05) is 12.1 Å². The van der Waals surface area contributed by atoms with E-state index in [0.717, 1.165) is 42.0 Å². The Morgan fingerprint density at radius 2 is 1.48 bits per heavy atom. The average molecular weight is 842 g/mol. The number of benzene rings is 2. The van der Waals surface area contributed by atoms with Gasteiger partial charge in [-0.15, -0.1) is 0 Å². The Kier molecular flexibility index (Phi) is 11.5. The van der Waals surface area contributed by atoms with Crippen molar-refractivity contribution in [3.8, 4) is 0 Å². The van der Waals surface area contributed by atoms with E-state index >= 15 is 0 Å². The predicted octanol–water partition coefficient (Wildman–Crippen LogP) is 4.45. The molecule has 5 aliphatic rings. The highest BCUT2D eigenvalue weighted by molar-refractivity contribution is 6.23. The molecule has 5 amide bonds. The van der Waals surface area contributed by atoms with Gasteiger partial charge < -0.3 is 25.1 Å². The highest BCUT2D eigenvalue weighted by atomic mass is 19.4. The van der Waals surface area contributed by atoms with E-state index in [4.69, 9.17) is 6.57 Å². The first-order chi connectivity index (χ1) is 29.2. The number of anilines is 4. The molecule has 4 fully saturated rings. The Bertz CT molecular complexity index is 2260. The van der Waals surface area contributed by atoms with Crippen molar-refractivity contribution in [2.45, 2.75) is 62.8 Å². The number of pyridine rings is 1. The van der Waals surface area contributed by atoms with Crippen LogP contribution in [0.3, 0.4) is 0 Å². The normalized spacial score (nSPS) is 21.3. The van der Waals surface area contributed by atoms with Crippen molar-refractivity contribution in [1.29, 1.82) is 0 Å². The summed E-state index contributed by atoms with van der Waals surface area (Å²) in [5.41, 5.74) is 0.371. The number of hydrogen-bond donors (Lipinski definition) is 3. The highest BCUT2D eigenvalue weighted by Crippen LogP contribution is 2.40. The number of aromatic nitrogens is 1. The fourth-order valence-electron chi connectivity index (χ4n) is 9.00. The Hall–Kier alpha value is -6.06. The van der Waals surface area contributed by atoms with Crippen LogP contribution in [0.15, 0.2) is 54.7 Å². The summed E-state index contributed by atoms with van der Waals surface area (Å²) in [6.45, 7) is 12.8. The standard InChI is InChI=1S/C43H46F3N9O6/c1-47-34-6-3-29(25-33(34)43(44,45)46)52-15-10-27(11-16-52)38(57)49-36-8-4-30(26-48-36)53-18-13-42(61,14-19-53)12-17-51-20-22-54(23-21-51)28-2-5-31-32(24-28)41(60)55(40(31)59)35-7-9-37(56)50-39(35)58/h2-6,8,24-27,35,61H,7,9-23H2,(H,48,49,57)(H,50,56,58). The lowest BCUT2D eigenvalue weighted by molar-refractivity contribution is -0.137. The molecule has 5 aliphatic heterocycles. The van der Waals surface area contributed by atoms with E-state index in [-0.39, 0.29) is 35.8 Å². The topological polar surface area (TPSA) is 163 Å². The molecule has 1 aromatic heterocycles. The van der Waals surface area contributed by atoms with Crippen LogP contribution >= 0.6 is 0 Å². The van der Waals surface area contributed by atoms with Gasteiger partial charge in [-0.05, 0) is 81.0 Å². The number of aliphatic hydroxyl groups is 1. The molecule has 61 heavy (non-hydrogen) atoms. The molecule has 4 saturated heterocycles. The Labute approximate surface area is 350 Å².